The predicted molar refractivity (Wildman–Crippen MR) is 46.4 cm³/mol. The number of hydrogen-bond donors (Lipinski definition) is 0. The van der Waals surface area contributed by atoms with Crippen LogP contribution in [0.1, 0.15) is 39.5 Å². The summed E-state index contributed by atoms with van der Waals surface area (Å²) in [5, 5.41) is 8.89. The van der Waals surface area contributed by atoms with Gasteiger partial charge in [-0.1, -0.05) is 19.8 Å². The Bertz CT molecular complexity index is 228. The van der Waals surface area contributed by atoms with Crippen LogP contribution >= 0.6 is 0 Å². The number of ketones is 1. The van der Waals surface area contributed by atoms with Crippen LogP contribution < -0.4 is 0 Å². The summed E-state index contributed by atoms with van der Waals surface area (Å²) in [4.78, 5) is 11.7. The molecule has 0 spiro atoms. The zero-order chi connectivity index (χ0) is 9.19. The lowest BCUT2D eigenvalue weighted by Crippen LogP contribution is -2.29. The van der Waals surface area contributed by atoms with E-state index in [0.29, 0.717) is 0 Å². The molecule has 1 saturated carbocycles. The van der Waals surface area contributed by atoms with Crippen LogP contribution in [0.15, 0.2) is 0 Å². The smallest absolute Gasteiger partial charge is 0.155 e. The van der Waals surface area contributed by atoms with Gasteiger partial charge in [-0.05, 0) is 19.8 Å². The summed E-state index contributed by atoms with van der Waals surface area (Å²) in [5.74, 6) is 0.222. The Hall–Kier alpha value is -0.840. The maximum absolute atomic E-state index is 11.7. The highest BCUT2D eigenvalue weighted by atomic mass is 16.1. The molecule has 0 amide bonds. The molecule has 12 heavy (non-hydrogen) atoms. The summed E-state index contributed by atoms with van der Waals surface area (Å²) in [6.45, 7) is 3.71. The molecule has 0 bridgehead atoms. The molecule has 2 atom stereocenters. The lowest BCUT2D eigenvalue weighted by atomic mass is 9.80. The van der Waals surface area contributed by atoms with E-state index in [-0.39, 0.29) is 11.7 Å². The molecule has 0 aromatic carbocycles. The van der Waals surface area contributed by atoms with Gasteiger partial charge >= 0.3 is 0 Å². The van der Waals surface area contributed by atoms with E-state index in [9.17, 15) is 4.79 Å². The van der Waals surface area contributed by atoms with Gasteiger partial charge in [-0.25, -0.2) is 0 Å². The van der Waals surface area contributed by atoms with Crippen LogP contribution in [0.2, 0.25) is 0 Å². The van der Waals surface area contributed by atoms with Crippen molar-refractivity contribution in [1.82, 2.24) is 0 Å². The van der Waals surface area contributed by atoms with Crippen LogP contribution in [0.5, 0.6) is 0 Å². The molecule has 0 saturated heterocycles. The molecule has 2 heteroatoms. The predicted octanol–water partition coefficient (Wildman–Crippen LogP) is 2.30. The normalized spacial score (nSPS) is 37.1. The third-order valence-electron chi connectivity index (χ3n) is 2.80. The Morgan fingerprint density at radius 3 is 2.83 bits per heavy atom. The van der Waals surface area contributed by atoms with Gasteiger partial charge < -0.3 is 0 Å². The summed E-state index contributed by atoms with van der Waals surface area (Å²) in [6.07, 6.45) is 3.80. The van der Waals surface area contributed by atoms with Crippen molar-refractivity contribution in [2.75, 3.05) is 0 Å². The number of carbonyl (C=O) groups excluding carboxylic acids is 1. The number of nitriles is 1. The highest BCUT2D eigenvalue weighted by molar-refractivity contribution is 5.89. The topological polar surface area (TPSA) is 40.9 Å². The maximum atomic E-state index is 11.7. The largest absolute Gasteiger partial charge is 0.298 e. The van der Waals surface area contributed by atoms with E-state index in [1.807, 2.05) is 6.92 Å². The van der Waals surface area contributed by atoms with Gasteiger partial charge in [-0.2, -0.15) is 5.26 Å². The van der Waals surface area contributed by atoms with Crippen molar-refractivity contribution in [2.24, 2.45) is 11.3 Å². The molecule has 0 aliphatic heterocycles. The van der Waals surface area contributed by atoms with E-state index in [1.165, 1.54) is 0 Å². The van der Waals surface area contributed by atoms with Crippen LogP contribution in [0, 0.1) is 22.7 Å². The molecule has 66 valence electrons. The first-order valence-corrected chi connectivity index (χ1v) is 4.56. The minimum absolute atomic E-state index is 0.0807. The molecular formula is C10H15NO. The fourth-order valence-corrected chi connectivity index (χ4v) is 1.84. The fourth-order valence-electron chi connectivity index (χ4n) is 1.84. The standard InChI is InChI=1S/C10H15NO/c1-8-5-3-4-6-10(2,7-11)9(8)12/h8H,3-6H2,1-2H3/t8-,10-/m1/s1. The molecule has 0 heterocycles. The molecule has 1 rings (SSSR count). The SMILES string of the molecule is C[C@@H]1CCCC[C@](C)(C#N)C1=O. The Morgan fingerprint density at radius 2 is 2.25 bits per heavy atom. The Morgan fingerprint density at radius 1 is 1.58 bits per heavy atom. The molecule has 0 N–H and O–H groups in total. The van der Waals surface area contributed by atoms with Crippen molar-refractivity contribution in [2.45, 2.75) is 39.5 Å². The van der Waals surface area contributed by atoms with Crippen LogP contribution in [0.4, 0.5) is 0 Å². The first-order chi connectivity index (χ1) is 5.60. The summed E-state index contributed by atoms with van der Waals surface area (Å²) in [5.41, 5.74) is -0.698. The van der Waals surface area contributed by atoms with Gasteiger partial charge in [0.05, 0.1) is 6.07 Å². The van der Waals surface area contributed by atoms with Crippen molar-refractivity contribution in [3.05, 3.63) is 0 Å². The molecule has 1 aliphatic rings. The first kappa shape index (κ1) is 9.25. The summed E-state index contributed by atoms with van der Waals surface area (Å²) >= 11 is 0. The first-order valence-electron chi connectivity index (χ1n) is 4.56. The maximum Gasteiger partial charge on any atom is 0.155 e. The van der Waals surface area contributed by atoms with Crippen LogP contribution in [-0.2, 0) is 4.79 Å². The van der Waals surface area contributed by atoms with Gasteiger partial charge in [0.25, 0.3) is 0 Å². The molecule has 0 unspecified atom stereocenters. The van der Waals surface area contributed by atoms with Crippen molar-refractivity contribution < 1.29 is 4.79 Å². The molecule has 1 aliphatic carbocycles. The number of hydrogen-bond acceptors (Lipinski definition) is 2. The van der Waals surface area contributed by atoms with Crippen LogP contribution in [-0.4, -0.2) is 5.78 Å². The third-order valence-corrected chi connectivity index (χ3v) is 2.80. The zero-order valence-electron chi connectivity index (χ0n) is 7.76. The Balaban J connectivity index is 2.87. The molecular weight excluding hydrogens is 150 g/mol. The number of carbonyl (C=O) groups is 1. The highest BCUT2D eigenvalue weighted by Gasteiger charge is 2.37. The second-order valence-corrected chi connectivity index (χ2v) is 3.95. The summed E-state index contributed by atoms with van der Waals surface area (Å²) in [6, 6.07) is 2.15. The summed E-state index contributed by atoms with van der Waals surface area (Å²) in [7, 11) is 0. The Kier molecular flexibility index (Phi) is 2.52. The van der Waals surface area contributed by atoms with E-state index in [4.69, 9.17) is 5.26 Å². The molecule has 1 fully saturated rings. The number of rotatable bonds is 0. The second-order valence-electron chi connectivity index (χ2n) is 3.95. The molecule has 0 aromatic heterocycles. The van der Waals surface area contributed by atoms with E-state index in [0.717, 1.165) is 25.7 Å². The van der Waals surface area contributed by atoms with Gasteiger partial charge in [0.1, 0.15) is 5.41 Å². The van der Waals surface area contributed by atoms with Crippen molar-refractivity contribution >= 4 is 5.78 Å². The highest BCUT2D eigenvalue weighted by Crippen LogP contribution is 2.33. The van der Waals surface area contributed by atoms with Gasteiger partial charge in [-0.3, -0.25) is 4.79 Å². The van der Waals surface area contributed by atoms with Crippen molar-refractivity contribution in [3.63, 3.8) is 0 Å². The lowest BCUT2D eigenvalue weighted by Gasteiger charge is -2.19. The van der Waals surface area contributed by atoms with Gasteiger partial charge in [0, 0.05) is 5.92 Å². The monoisotopic (exact) mass is 165 g/mol. The number of Topliss-reactive ketones (excluding diaryl/α,β-unsaturated/α-hetero) is 1. The lowest BCUT2D eigenvalue weighted by molar-refractivity contribution is -0.128. The van der Waals surface area contributed by atoms with Crippen molar-refractivity contribution in [1.29, 1.82) is 5.26 Å². The average Bonchev–Trinajstić information content (AvgIpc) is 2.20. The molecule has 2 nitrogen and oxygen atoms in total. The summed E-state index contributed by atoms with van der Waals surface area (Å²) < 4.78 is 0. The fraction of sp³-hybridized carbons (Fsp3) is 0.800. The quantitative estimate of drug-likeness (QED) is 0.517. The minimum Gasteiger partial charge on any atom is -0.298 e. The van der Waals surface area contributed by atoms with E-state index in [1.54, 1.807) is 6.92 Å². The van der Waals surface area contributed by atoms with Crippen LogP contribution in [0.25, 0.3) is 0 Å². The molecule has 0 radical (unpaired) electrons. The molecule has 0 aromatic rings. The number of nitrogens with zero attached hydrogens (tertiary/aromatic N) is 1. The average molecular weight is 165 g/mol. The van der Waals surface area contributed by atoms with Gasteiger partial charge in [-0.15, -0.1) is 0 Å². The Labute approximate surface area is 73.6 Å². The van der Waals surface area contributed by atoms with E-state index in [2.05, 4.69) is 6.07 Å². The zero-order valence-corrected chi connectivity index (χ0v) is 7.76. The van der Waals surface area contributed by atoms with Crippen LogP contribution in [0.3, 0.4) is 0 Å². The van der Waals surface area contributed by atoms with E-state index >= 15 is 0 Å². The van der Waals surface area contributed by atoms with Crippen molar-refractivity contribution in [3.8, 4) is 6.07 Å². The second kappa shape index (κ2) is 3.26. The third kappa shape index (κ3) is 1.50. The van der Waals surface area contributed by atoms with Gasteiger partial charge in [0.2, 0.25) is 0 Å². The van der Waals surface area contributed by atoms with E-state index < -0.39 is 5.41 Å². The minimum atomic E-state index is -0.698. The van der Waals surface area contributed by atoms with Gasteiger partial charge in [0.15, 0.2) is 5.78 Å².